The van der Waals surface area contributed by atoms with Crippen molar-refractivity contribution in [2.24, 2.45) is 11.8 Å². The zero-order valence-electron chi connectivity index (χ0n) is 18.2. The first-order valence-corrected chi connectivity index (χ1v) is 11.9. The number of nitrogens with zero attached hydrogens (tertiary/aromatic N) is 3. The molecule has 1 aliphatic carbocycles. The fraction of sp³-hybridized carbons (Fsp3) is 0.280. The van der Waals surface area contributed by atoms with Crippen molar-refractivity contribution in [2.75, 3.05) is 18.4 Å². The first kappa shape index (κ1) is 21.2. The Bertz CT molecular complexity index is 1320. The number of nitriles is 1. The summed E-state index contributed by atoms with van der Waals surface area (Å²) in [6.07, 6.45) is 7.40. The molecule has 1 fully saturated rings. The number of nitrogens with one attached hydrogen (secondary N) is 2. The number of rotatable bonds is 5. The smallest absolute Gasteiger partial charge is 0.264 e. The van der Waals surface area contributed by atoms with Gasteiger partial charge in [0.15, 0.2) is 0 Å². The van der Waals surface area contributed by atoms with E-state index in [4.69, 9.17) is 0 Å². The Kier molecular flexibility index (Phi) is 5.56. The summed E-state index contributed by atoms with van der Waals surface area (Å²) in [5.74, 6) is 0.444. The lowest BCUT2D eigenvalue weighted by Gasteiger charge is -2.31. The number of thiophene rings is 1. The predicted molar refractivity (Wildman–Crippen MR) is 129 cm³/mol. The molecule has 1 unspecified atom stereocenters. The van der Waals surface area contributed by atoms with Gasteiger partial charge in [-0.3, -0.25) is 9.59 Å². The summed E-state index contributed by atoms with van der Waals surface area (Å²) in [5.41, 5.74) is 2.97. The van der Waals surface area contributed by atoms with Gasteiger partial charge in [0.05, 0.1) is 0 Å². The first-order valence-electron chi connectivity index (χ1n) is 11.0. The van der Waals surface area contributed by atoms with Crippen molar-refractivity contribution >= 4 is 51.7 Å². The Hall–Kier alpha value is -3.70. The van der Waals surface area contributed by atoms with Crippen LogP contribution in [0.3, 0.4) is 0 Å². The molecule has 0 radical (unpaired) electrons. The Morgan fingerprint density at radius 1 is 1.36 bits per heavy atom. The van der Waals surface area contributed by atoms with Gasteiger partial charge in [-0.15, -0.1) is 11.3 Å². The number of aromatic amines is 1. The predicted octanol–water partition coefficient (Wildman–Crippen LogP) is 4.44. The number of carbonyl (C=O) groups is 2. The van der Waals surface area contributed by atoms with E-state index in [-0.39, 0.29) is 29.2 Å². The van der Waals surface area contributed by atoms with Gasteiger partial charge in [-0.05, 0) is 59.6 Å². The van der Waals surface area contributed by atoms with Gasteiger partial charge in [-0.25, -0.2) is 4.98 Å². The van der Waals surface area contributed by atoms with Crippen molar-refractivity contribution in [2.45, 2.75) is 19.8 Å². The van der Waals surface area contributed by atoms with Crippen molar-refractivity contribution < 1.29 is 9.59 Å². The van der Waals surface area contributed by atoms with Crippen molar-refractivity contribution in [1.29, 1.82) is 5.26 Å². The van der Waals surface area contributed by atoms with Gasteiger partial charge in [-0.2, -0.15) is 5.26 Å². The standard InChI is InChI=1S/C25H23N5O2S/c1-15-14-30(25(32)17(13-26)11-18-3-2-10-33-18)9-7-19(15)21-12-22(29-24(31)16-4-5-16)28-23-20(21)6-8-27-23/h2-3,6-8,10-12,15-16H,4-5,9,14H2,1H3,(H2,27,28,29,31). The van der Waals surface area contributed by atoms with E-state index in [9.17, 15) is 14.9 Å². The molecule has 4 heterocycles. The number of amides is 2. The maximum atomic E-state index is 13.0. The number of aromatic nitrogens is 2. The lowest BCUT2D eigenvalue weighted by molar-refractivity contribution is -0.126. The van der Waals surface area contributed by atoms with Gasteiger partial charge in [0.25, 0.3) is 5.91 Å². The largest absolute Gasteiger partial charge is 0.346 e. The zero-order valence-corrected chi connectivity index (χ0v) is 19.0. The van der Waals surface area contributed by atoms with Crippen molar-refractivity contribution in [3.8, 4) is 6.07 Å². The third-order valence-corrected chi connectivity index (χ3v) is 6.88. The zero-order chi connectivity index (χ0) is 22.9. The van der Waals surface area contributed by atoms with Crippen LogP contribution in [0.25, 0.3) is 22.7 Å². The molecule has 33 heavy (non-hydrogen) atoms. The summed E-state index contributed by atoms with van der Waals surface area (Å²) >= 11 is 1.49. The van der Waals surface area contributed by atoms with Crippen LogP contribution in [0, 0.1) is 23.2 Å². The molecule has 166 valence electrons. The van der Waals surface area contributed by atoms with E-state index in [1.54, 1.807) is 11.0 Å². The highest BCUT2D eigenvalue weighted by molar-refractivity contribution is 7.10. The van der Waals surface area contributed by atoms with E-state index < -0.39 is 0 Å². The number of hydrogen-bond acceptors (Lipinski definition) is 5. The van der Waals surface area contributed by atoms with E-state index in [0.717, 1.165) is 39.9 Å². The van der Waals surface area contributed by atoms with Crippen molar-refractivity contribution in [1.82, 2.24) is 14.9 Å². The van der Waals surface area contributed by atoms with Crippen LogP contribution in [-0.2, 0) is 9.59 Å². The van der Waals surface area contributed by atoms with E-state index >= 15 is 0 Å². The Morgan fingerprint density at radius 3 is 2.91 bits per heavy atom. The Labute approximate surface area is 195 Å². The Morgan fingerprint density at radius 2 is 2.21 bits per heavy atom. The second kappa shape index (κ2) is 8.68. The molecule has 1 atom stereocenters. The van der Waals surface area contributed by atoms with Crippen LogP contribution >= 0.6 is 11.3 Å². The van der Waals surface area contributed by atoms with E-state index in [0.29, 0.717) is 18.9 Å². The highest BCUT2D eigenvalue weighted by atomic mass is 32.1. The van der Waals surface area contributed by atoms with Gasteiger partial charge in [0.1, 0.15) is 23.1 Å². The minimum atomic E-state index is -0.257. The van der Waals surface area contributed by atoms with Crippen LogP contribution in [0.15, 0.2) is 47.5 Å². The lowest BCUT2D eigenvalue weighted by Crippen LogP contribution is -2.38. The molecule has 0 spiro atoms. The number of hydrogen-bond donors (Lipinski definition) is 2. The quantitative estimate of drug-likeness (QED) is 0.437. The van der Waals surface area contributed by atoms with Crippen LogP contribution in [0.1, 0.15) is 30.2 Å². The number of fused-ring (bicyclic) bond motifs is 1. The summed E-state index contributed by atoms with van der Waals surface area (Å²) in [6, 6.07) is 9.74. The minimum absolute atomic E-state index is 0.0170. The normalized spacial score (nSPS) is 18.7. The molecule has 3 aromatic heterocycles. The SMILES string of the molecule is CC1CN(C(=O)C(C#N)=Cc2cccs2)CC=C1c1cc(NC(=O)C2CC2)nc2[nH]ccc12. The molecular formula is C25H23N5O2S. The van der Waals surface area contributed by atoms with Crippen LogP contribution in [0.5, 0.6) is 0 Å². The Balaban J connectivity index is 1.42. The second-order valence-corrected chi connectivity index (χ2v) is 9.49. The molecule has 2 aliphatic rings. The van der Waals surface area contributed by atoms with Crippen LogP contribution < -0.4 is 5.32 Å². The van der Waals surface area contributed by atoms with E-state index in [1.165, 1.54) is 11.3 Å². The topological polar surface area (TPSA) is 102 Å². The van der Waals surface area contributed by atoms with Crippen molar-refractivity contribution in [3.63, 3.8) is 0 Å². The molecule has 3 aromatic rings. The average Bonchev–Trinajstić information content (AvgIpc) is 3.34. The maximum absolute atomic E-state index is 13.0. The van der Waals surface area contributed by atoms with Gasteiger partial charge in [0.2, 0.25) is 5.91 Å². The maximum Gasteiger partial charge on any atom is 0.264 e. The summed E-state index contributed by atoms with van der Waals surface area (Å²) in [6.45, 7) is 2.99. The van der Waals surface area contributed by atoms with Gasteiger partial charge in [-0.1, -0.05) is 19.1 Å². The van der Waals surface area contributed by atoms with Crippen LogP contribution in [0.2, 0.25) is 0 Å². The van der Waals surface area contributed by atoms with E-state index in [2.05, 4.69) is 28.3 Å². The summed E-state index contributed by atoms with van der Waals surface area (Å²) in [7, 11) is 0. The van der Waals surface area contributed by atoms with Crippen LogP contribution in [0.4, 0.5) is 5.82 Å². The molecular weight excluding hydrogens is 434 g/mol. The molecule has 5 rings (SSSR count). The fourth-order valence-electron chi connectivity index (χ4n) is 4.20. The molecule has 8 heteroatoms. The highest BCUT2D eigenvalue weighted by Gasteiger charge is 2.31. The van der Waals surface area contributed by atoms with Crippen molar-refractivity contribution in [3.05, 3.63) is 57.9 Å². The van der Waals surface area contributed by atoms with Gasteiger partial charge in [0, 0.05) is 35.5 Å². The summed E-state index contributed by atoms with van der Waals surface area (Å²) in [5, 5.41) is 15.4. The summed E-state index contributed by atoms with van der Waals surface area (Å²) in [4.78, 5) is 35.6. The van der Waals surface area contributed by atoms with Crippen LogP contribution in [-0.4, -0.2) is 39.8 Å². The number of pyridine rings is 1. The molecule has 0 saturated heterocycles. The number of H-pyrrole nitrogens is 1. The first-order chi connectivity index (χ1) is 16.0. The third kappa shape index (κ3) is 4.32. The molecule has 2 N–H and O–H groups in total. The molecule has 7 nitrogen and oxygen atoms in total. The molecule has 2 amide bonds. The van der Waals surface area contributed by atoms with Gasteiger partial charge >= 0.3 is 0 Å². The molecule has 1 saturated carbocycles. The fourth-order valence-corrected chi connectivity index (χ4v) is 4.85. The number of anilines is 1. The monoisotopic (exact) mass is 457 g/mol. The van der Waals surface area contributed by atoms with Gasteiger partial charge < -0.3 is 15.2 Å². The molecule has 0 bridgehead atoms. The average molecular weight is 458 g/mol. The second-order valence-electron chi connectivity index (χ2n) is 8.51. The van der Waals surface area contributed by atoms with E-state index in [1.807, 2.05) is 41.9 Å². The third-order valence-electron chi connectivity index (χ3n) is 6.06. The lowest BCUT2D eigenvalue weighted by atomic mass is 9.89. The highest BCUT2D eigenvalue weighted by Crippen LogP contribution is 2.35. The molecule has 0 aromatic carbocycles. The summed E-state index contributed by atoms with van der Waals surface area (Å²) < 4.78 is 0. The number of carbonyl (C=O) groups excluding carboxylic acids is 2. The molecule has 1 aliphatic heterocycles. The minimum Gasteiger partial charge on any atom is -0.346 e.